The summed E-state index contributed by atoms with van der Waals surface area (Å²) in [5, 5.41) is 7.65. The third kappa shape index (κ3) is 3.48. The normalized spacial score (nSPS) is 10.3. The molecule has 0 spiro atoms. The van der Waals surface area contributed by atoms with Crippen molar-refractivity contribution >= 4 is 34.8 Å². The molecule has 0 fully saturated rings. The number of nitrogens with zero attached hydrogens (tertiary/aromatic N) is 2. The number of amides is 1. The summed E-state index contributed by atoms with van der Waals surface area (Å²) in [6.45, 7) is 0.542. The molecule has 4 nitrogen and oxygen atoms in total. The average molecular weight is 284 g/mol. The van der Waals surface area contributed by atoms with Gasteiger partial charge in [0.15, 0.2) is 0 Å². The van der Waals surface area contributed by atoms with Crippen molar-refractivity contribution in [2.75, 3.05) is 5.32 Å². The summed E-state index contributed by atoms with van der Waals surface area (Å²) in [5.74, 6) is -0.0936. The van der Waals surface area contributed by atoms with Crippen molar-refractivity contribution in [3.8, 4) is 0 Å². The molecule has 2 rings (SSSR count). The van der Waals surface area contributed by atoms with E-state index in [1.165, 1.54) is 0 Å². The van der Waals surface area contributed by atoms with E-state index in [0.29, 0.717) is 28.7 Å². The molecule has 0 atom stereocenters. The van der Waals surface area contributed by atoms with Crippen molar-refractivity contribution in [3.63, 3.8) is 0 Å². The van der Waals surface area contributed by atoms with E-state index in [1.807, 2.05) is 12.3 Å². The lowest BCUT2D eigenvalue weighted by Crippen LogP contribution is -2.14. The molecule has 0 saturated heterocycles. The molecule has 1 N–H and O–H groups in total. The van der Waals surface area contributed by atoms with E-state index >= 15 is 0 Å². The fraction of sp³-hybridized carbons (Fsp3) is 0.167. The van der Waals surface area contributed by atoms with Gasteiger partial charge in [-0.3, -0.25) is 9.48 Å². The van der Waals surface area contributed by atoms with Crippen LogP contribution < -0.4 is 5.32 Å². The fourth-order valence-corrected chi connectivity index (χ4v) is 1.74. The molecule has 0 bridgehead atoms. The number of carbonyl (C=O) groups is 1. The molecule has 94 valence electrons. The molecule has 6 heteroatoms. The summed E-state index contributed by atoms with van der Waals surface area (Å²) >= 11 is 11.6. The highest BCUT2D eigenvalue weighted by Gasteiger charge is 2.05. The van der Waals surface area contributed by atoms with Crippen molar-refractivity contribution < 1.29 is 4.79 Å². The molecule has 2 aromatic rings. The Balaban J connectivity index is 1.88. The first kappa shape index (κ1) is 12.9. The lowest BCUT2D eigenvalue weighted by atomic mass is 10.3. The second kappa shape index (κ2) is 5.89. The monoisotopic (exact) mass is 283 g/mol. The third-order valence-electron chi connectivity index (χ3n) is 2.33. The first-order valence-corrected chi connectivity index (χ1v) is 6.13. The van der Waals surface area contributed by atoms with Crippen LogP contribution in [0.2, 0.25) is 10.0 Å². The van der Waals surface area contributed by atoms with Gasteiger partial charge in [0, 0.05) is 31.0 Å². The number of aryl methyl sites for hydroxylation is 1. The van der Waals surface area contributed by atoms with Crippen LogP contribution in [-0.2, 0) is 11.3 Å². The van der Waals surface area contributed by atoms with Crippen LogP contribution >= 0.6 is 23.2 Å². The zero-order valence-electron chi connectivity index (χ0n) is 9.44. The summed E-state index contributed by atoms with van der Waals surface area (Å²) < 4.78 is 1.70. The number of hydrogen-bond acceptors (Lipinski definition) is 2. The van der Waals surface area contributed by atoms with E-state index in [-0.39, 0.29) is 5.91 Å². The summed E-state index contributed by atoms with van der Waals surface area (Å²) in [6, 6.07) is 6.79. The van der Waals surface area contributed by atoms with Gasteiger partial charge >= 0.3 is 0 Å². The van der Waals surface area contributed by atoms with Crippen LogP contribution in [-0.4, -0.2) is 15.7 Å². The van der Waals surface area contributed by atoms with Crippen molar-refractivity contribution in [3.05, 3.63) is 46.7 Å². The number of nitrogens with one attached hydrogen (secondary N) is 1. The smallest absolute Gasteiger partial charge is 0.226 e. The molecule has 1 amide bonds. The molecule has 1 heterocycles. The number of benzene rings is 1. The molecule has 1 aromatic heterocycles. The number of halogens is 2. The van der Waals surface area contributed by atoms with Gasteiger partial charge in [-0.25, -0.2) is 0 Å². The van der Waals surface area contributed by atoms with Crippen LogP contribution in [0.5, 0.6) is 0 Å². The van der Waals surface area contributed by atoms with Crippen molar-refractivity contribution in [2.45, 2.75) is 13.0 Å². The minimum absolute atomic E-state index is 0.0936. The Morgan fingerprint density at radius 3 is 2.83 bits per heavy atom. The molecule has 0 aliphatic heterocycles. The van der Waals surface area contributed by atoms with E-state index in [4.69, 9.17) is 23.2 Å². The highest BCUT2D eigenvalue weighted by molar-refractivity contribution is 6.42. The predicted molar refractivity (Wildman–Crippen MR) is 71.9 cm³/mol. The maximum absolute atomic E-state index is 11.7. The van der Waals surface area contributed by atoms with Crippen LogP contribution in [0, 0.1) is 0 Å². The Labute approximate surface area is 115 Å². The molecular formula is C12H11Cl2N3O. The fourth-order valence-electron chi connectivity index (χ4n) is 1.45. The molecule has 0 unspecified atom stereocenters. The predicted octanol–water partition coefficient (Wildman–Crippen LogP) is 3.22. The van der Waals surface area contributed by atoms with Crippen molar-refractivity contribution in [1.82, 2.24) is 9.78 Å². The van der Waals surface area contributed by atoms with E-state index in [9.17, 15) is 4.79 Å². The number of aromatic nitrogens is 2. The van der Waals surface area contributed by atoms with Gasteiger partial charge in [-0.05, 0) is 24.3 Å². The summed E-state index contributed by atoms with van der Waals surface area (Å²) in [6.07, 6.45) is 3.84. The minimum atomic E-state index is -0.0936. The Morgan fingerprint density at radius 1 is 1.33 bits per heavy atom. The van der Waals surface area contributed by atoms with E-state index < -0.39 is 0 Å². The molecule has 0 aliphatic rings. The largest absolute Gasteiger partial charge is 0.326 e. The average Bonchev–Trinajstić information content (AvgIpc) is 2.84. The van der Waals surface area contributed by atoms with Gasteiger partial charge in [-0.15, -0.1) is 0 Å². The lowest BCUT2D eigenvalue weighted by Gasteiger charge is -2.06. The Bertz CT molecular complexity index is 540. The third-order valence-corrected chi connectivity index (χ3v) is 3.07. The van der Waals surface area contributed by atoms with E-state index in [2.05, 4.69) is 10.4 Å². The van der Waals surface area contributed by atoms with Gasteiger partial charge in [-0.1, -0.05) is 23.2 Å². The van der Waals surface area contributed by atoms with Crippen molar-refractivity contribution in [1.29, 1.82) is 0 Å². The molecule has 1 aromatic carbocycles. The standard InChI is InChI=1S/C12H11Cl2N3O/c13-10-3-2-9(8-11(10)14)16-12(18)4-7-17-6-1-5-15-17/h1-3,5-6,8H,4,7H2,(H,16,18). The second-order valence-electron chi connectivity index (χ2n) is 3.70. The van der Waals surface area contributed by atoms with Crippen LogP contribution in [0.15, 0.2) is 36.7 Å². The first-order valence-electron chi connectivity index (χ1n) is 5.37. The highest BCUT2D eigenvalue weighted by atomic mass is 35.5. The topological polar surface area (TPSA) is 46.9 Å². The zero-order chi connectivity index (χ0) is 13.0. The number of rotatable bonds is 4. The molecule has 0 saturated carbocycles. The maximum atomic E-state index is 11.7. The summed E-state index contributed by atoms with van der Waals surface area (Å²) in [4.78, 5) is 11.7. The Morgan fingerprint density at radius 2 is 2.17 bits per heavy atom. The number of anilines is 1. The molecule has 0 radical (unpaired) electrons. The van der Waals surface area contributed by atoms with E-state index in [0.717, 1.165) is 0 Å². The second-order valence-corrected chi connectivity index (χ2v) is 4.51. The van der Waals surface area contributed by atoms with Gasteiger partial charge in [0.1, 0.15) is 0 Å². The molecule has 18 heavy (non-hydrogen) atoms. The lowest BCUT2D eigenvalue weighted by molar-refractivity contribution is -0.116. The van der Waals surface area contributed by atoms with Crippen LogP contribution in [0.25, 0.3) is 0 Å². The van der Waals surface area contributed by atoms with Gasteiger partial charge in [0.2, 0.25) is 5.91 Å². The van der Waals surface area contributed by atoms with Gasteiger partial charge in [-0.2, -0.15) is 5.10 Å². The number of carbonyl (C=O) groups excluding carboxylic acids is 1. The van der Waals surface area contributed by atoms with Crippen molar-refractivity contribution in [2.24, 2.45) is 0 Å². The highest BCUT2D eigenvalue weighted by Crippen LogP contribution is 2.24. The zero-order valence-corrected chi connectivity index (χ0v) is 10.9. The van der Waals surface area contributed by atoms with Crippen LogP contribution in [0.1, 0.15) is 6.42 Å². The number of hydrogen-bond donors (Lipinski definition) is 1. The Kier molecular flexibility index (Phi) is 4.23. The minimum Gasteiger partial charge on any atom is -0.326 e. The van der Waals surface area contributed by atoms with E-state index in [1.54, 1.807) is 29.1 Å². The summed E-state index contributed by atoms with van der Waals surface area (Å²) in [5.41, 5.74) is 0.634. The molecular weight excluding hydrogens is 273 g/mol. The first-order chi connectivity index (χ1) is 8.65. The van der Waals surface area contributed by atoms with Gasteiger partial charge in [0.05, 0.1) is 10.0 Å². The Hall–Kier alpha value is -1.52. The van der Waals surface area contributed by atoms with Crippen LogP contribution in [0.3, 0.4) is 0 Å². The van der Waals surface area contributed by atoms with Crippen LogP contribution in [0.4, 0.5) is 5.69 Å². The van der Waals surface area contributed by atoms with Gasteiger partial charge < -0.3 is 5.32 Å². The SMILES string of the molecule is O=C(CCn1cccn1)Nc1ccc(Cl)c(Cl)c1. The molecule has 0 aliphatic carbocycles. The maximum Gasteiger partial charge on any atom is 0.226 e. The quantitative estimate of drug-likeness (QED) is 0.937. The van der Waals surface area contributed by atoms with Gasteiger partial charge in [0.25, 0.3) is 0 Å². The summed E-state index contributed by atoms with van der Waals surface area (Å²) in [7, 11) is 0.